The van der Waals surface area contributed by atoms with Crippen LogP contribution in [0.25, 0.3) is 0 Å². The molecule has 1 aliphatic heterocycles. The van der Waals surface area contributed by atoms with Gasteiger partial charge in [-0.25, -0.2) is 0 Å². The summed E-state index contributed by atoms with van der Waals surface area (Å²) in [7, 11) is 0. The van der Waals surface area contributed by atoms with Crippen molar-refractivity contribution in [3.8, 4) is 0 Å². The zero-order valence-electron chi connectivity index (χ0n) is 14.4. The van der Waals surface area contributed by atoms with Crippen molar-refractivity contribution in [3.05, 3.63) is 65.2 Å². The predicted molar refractivity (Wildman–Crippen MR) is 98.2 cm³/mol. The highest BCUT2D eigenvalue weighted by Gasteiger charge is 2.35. The van der Waals surface area contributed by atoms with Crippen molar-refractivity contribution in [2.45, 2.75) is 18.5 Å². The van der Waals surface area contributed by atoms with Crippen LogP contribution in [0.15, 0.2) is 48.5 Å². The maximum absolute atomic E-state index is 12.7. The van der Waals surface area contributed by atoms with Crippen LogP contribution in [0, 0.1) is 6.92 Å². The number of nitrogens with one attached hydrogen (secondary N) is 1. The Morgan fingerprint density at radius 3 is 2.37 bits per heavy atom. The van der Waals surface area contributed by atoms with Crippen LogP contribution in [0.4, 0.5) is 18.9 Å². The van der Waals surface area contributed by atoms with E-state index in [9.17, 15) is 22.8 Å². The second-order valence-corrected chi connectivity index (χ2v) is 7.29. The van der Waals surface area contributed by atoms with Gasteiger partial charge in [-0.1, -0.05) is 29.8 Å². The average Bonchev–Trinajstić information content (AvgIpc) is 2.97. The number of amides is 2. The van der Waals surface area contributed by atoms with E-state index in [1.807, 2.05) is 19.1 Å². The molecule has 0 spiro atoms. The molecule has 1 fully saturated rings. The Bertz CT molecular complexity index is 836. The van der Waals surface area contributed by atoms with Crippen LogP contribution in [0.3, 0.4) is 0 Å². The molecule has 0 radical (unpaired) electrons. The lowest BCUT2D eigenvalue weighted by atomic mass is 10.1. The zero-order valence-corrected chi connectivity index (χ0v) is 15.2. The van der Waals surface area contributed by atoms with Crippen molar-refractivity contribution in [3.63, 3.8) is 0 Å². The number of alkyl halides is 3. The summed E-state index contributed by atoms with van der Waals surface area (Å²) in [6.07, 6.45) is -4.41. The molecule has 4 nitrogen and oxygen atoms in total. The Hall–Kier alpha value is -2.48. The minimum absolute atomic E-state index is 0.161. The standard InChI is InChI=1S/C19H17F3N2O2S/c1-12-2-8-15(9-3-12)23-16(25)10-24-17(26)11-27-18(24)13-4-6-14(7-5-13)19(20,21)22/h2-9,18H,10-11H2,1H3,(H,23,25). The van der Waals surface area contributed by atoms with Gasteiger partial charge in [0.1, 0.15) is 11.9 Å². The van der Waals surface area contributed by atoms with E-state index >= 15 is 0 Å². The van der Waals surface area contributed by atoms with E-state index in [-0.39, 0.29) is 24.1 Å². The number of hydrogen-bond donors (Lipinski definition) is 1. The van der Waals surface area contributed by atoms with Crippen molar-refractivity contribution in [2.75, 3.05) is 17.6 Å². The van der Waals surface area contributed by atoms with Crippen molar-refractivity contribution in [1.82, 2.24) is 4.90 Å². The van der Waals surface area contributed by atoms with Gasteiger partial charge in [0.15, 0.2) is 0 Å². The lowest BCUT2D eigenvalue weighted by Gasteiger charge is -2.24. The van der Waals surface area contributed by atoms with Crippen molar-refractivity contribution < 1.29 is 22.8 Å². The molecular weight excluding hydrogens is 377 g/mol. The third kappa shape index (κ3) is 4.63. The highest BCUT2D eigenvalue weighted by atomic mass is 32.2. The maximum Gasteiger partial charge on any atom is 0.416 e. The maximum atomic E-state index is 12.7. The number of nitrogens with zero attached hydrogens (tertiary/aromatic N) is 1. The van der Waals surface area contributed by atoms with Crippen LogP contribution in [0.2, 0.25) is 0 Å². The molecule has 2 aromatic carbocycles. The molecule has 0 aliphatic carbocycles. The number of anilines is 1. The van der Waals surface area contributed by atoms with Crippen LogP contribution >= 0.6 is 11.8 Å². The molecule has 1 unspecified atom stereocenters. The number of benzene rings is 2. The number of hydrogen-bond acceptors (Lipinski definition) is 3. The molecule has 27 heavy (non-hydrogen) atoms. The molecule has 0 bridgehead atoms. The Morgan fingerprint density at radius 2 is 1.78 bits per heavy atom. The number of carbonyl (C=O) groups excluding carboxylic acids is 2. The van der Waals surface area contributed by atoms with Crippen LogP contribution in [0.5, 0.6) is 0 Å². The highest BCUT2D eigenvalue weighted by molar-refractivity contribution is 8.00. The summed E-state index contributed by atoms with van der Waals surface area (Å²) < 4.78 is 38.2. The normalized spacial score (nSPS) is 17.3. The summed E-state index contributed by atoms with van der Waals surface area (Å²) in [6.45, 7) is 1.77. The molecule has 1 atom stereocenters. The van der Waals surface area contributed by atoms with Gasteiger partial charge in [0.2, 0.25) is 11.8 Å². The van der Waals surface area contributed by atoms with Crippen molar-refractivity contribution >= 4 is 29.3 Å². The summed E-state index contributed by atoms with van der Waals surface area (Å²) in [5.41, 5.74) is 1.49. The van der Waals surface area contributed by atoms with E-state index < -0.39 is 17.1 Å². The molecular formula is C19H17F3N2O2S. The minimum Gasteiger partial charge on any atom is -0.325 e. The van der Waals surface area contributed by atoms with E-state index in [0.29, 0.717) is 11.3 Å². The zero-order chi connectivity index (χ0) is 19.6. The summed E-state index contributed by atoms with van der Waals surface area (Å²) in [5, 5.41) is 2.24. The molecule has 2 aromatic rings. The number of rotatable bonds is 4. The number of halogens is 3. The van der Waals surface area contributed by atoms with Gasteiger partial charge in [-0.3, -0.25) is 9.59 Å². The van der Waals surface area contributed by atoms with Crippen LogP contribution in [-0.2, 0) is 15.8 Å². The van der Waals surface area contributed by atoms with E-state index in [1.54, 1.807) is 12.1 Å². The van der Waals surface area contributed by atoms with Gasteiger partial charge in [0.05, 0.1) is 11.3 Å². The summed E-state index contributed by atoms with van der Waals surface area (Å²) in [4.78, 5) is 25.8. The van der Waals surface area contributed by atoms with Gasteiger partial charge >= 0.3 is 6.18 Å². The smallest absolute Gasteiger partial charge is 0.325 e. The molecule has 0 saturated carbocycles. The predicted octanol–water partition coefficient (Wildman–Crippen LogP) is 4.23. The van der Waals surface area contributed by atoms with Gasteiger partial charge in [0.25, 0.3) is 0 Å². The Morgan fingerprint density at radius 1 is 1.15 bits per heavy atom. The molecule has 1 aliphatic rings. The fourth-order valence-electron chi connectivity index (χ4n) is 2.73. The second kappa shape index (κ2) is 7.64. The quantitative estimate of drug-likeness (QED) is 0.845. The van der Waals surface area contributed by atoms with E-state index in [0.717, 1.165) is 17.7 Å². The highest BCUT2D eigenvalue weighted by Crippen LogP contribution is 2.39. The summed E-state index contributed by atoms with van der Waals surface area (Å²) in [6, 6.07) is 11.9. The van der Waals surface area contributed by atoms with Crippen LogP contribution < -0.4 is 5.32 Å². The monoisotopic (exact) mass is 394 g/mol. The third-order valence-corrected chi connectivity index (χ3v) is 5.40. The van der Waals surface area contributed by atoms with E-state index in [2.05, 4.69) is 5.32 Å². The molecule has 8 heteroatoms. The molecule has 142 valence electrons. The summed E-state index contributed by atoms with van der Waals surface area (Å²) in [5.74, 6) is -0.390. The SMILES string of the molecule is Cc1ccc(NC(=O)CN2C(=O)CSC2c2ccc(C(F)(F)F)cc2)cc1. The first-order valence-corrected chi connectivity index (χ1v) is 9.23. The number of aryl methyl sites for hydroxylation is 1. The first-order chi connectivity index (χ1) is 12.7. The lowest BCUT2D eigenvalue weighted by molar-refractivity contribution is -0.137. The fraction of sp³-hybridized carbons (Fsp3) is 0.263. The van der Waals surface area contributed by atoms with Gasteiger partial charge in [-0.2, -0.15) is 13.2 Å². The lowest BCUT2D eigenvalue weighted by Crippen LogP contribution is -2.36. The Labute approximate surface area is 158 Å². The molecule has 0 aromatic heterocycles. The third-order valence-electron chi connectivity index (χ3n) is 4.14. The van der Waals surface area contributed by atoms with Gasteiger partial charge < -0.3 is 10.2 Å². The Balaban J connectivity index is 1.70. The van der Waals surface area contributed by atoms with E-state index in [4.69, 9.17) is 0 Å². The molecule has 2 amide bonds. The fourth-order valence-corrected chi connectivity index (χ4v) is 3.92. The van der Waals surface area contributed by atoms with Crippen molar-refractivity contribution in [2.24, 2.45) is 0 Å². The molecule has 1 heterocycles. The first kappa shape index (κ1) is 19.3. The minimum atomic E-state index is -4.41. The molecule has 1 saturated heterocycles. The number of carbonyl (C=O) groups is 2. The first-order valence-electron chi connectivity index (χ1n) is 8.19. The average molecular weight is 394 g/mol. The van der Waals surface area contributed by atoms with Gasteiger partial charge in [-0.15, -0.1) is 11.8 Å². The van der Waals surface area contributed by atoms with E-state index in [1.165, 1.54) is 28.8 Å². The largest absolute Gasteiger partial charge is 0.416 e. The van der Waals surface area contributed by atoms with Crippen LogP contribution in [-0.4, -0.2) is 29.0 Å². The topological polar surface area (TPSA) is 49.4 Å². The molecule has 1 N–H and O–H groups in total. The summed E-state index contributed by atoms with van der Waals surface area (Å²) >= 11 is 1.29. The van der Waals surface area contributed by atoms with Crippen LogP contribution in [0.1, 0.15) is 22.1 Å². The second-order valence-electron chi connectivity index (χ2n) is 6.22. The van der Waals surface area contributed by atoms with Crippen molar-refractivity contribution in [1.29, 1.82) is 0 Å². The molecule has 3 rings (SSSR count). The van der Waals surface area contributed by atoms with Gasteiger partial charge in [0, 0.05) is 5.69 Å². The Kier molecular flexibility index (Phi) is 5.46. The number of thioether (sulfide) groups is 1. The van der Waals surface area contributed by atoms with Gasteiger partial charge in [-0.05, 0) is 36.8 Å².